The average Bonchev–Trinajstić information content (AvgIpc) is 2.67. The molecule has 0 bridgehead atoms. The number of hydrogen-bond donors (Lipinski definition) is 2. The molecule has 1 rings (SSSR count). The summed E-state index contributed by atoms with van der Waals surface area (Å²) in [6, 6.07) is 0. The molecule has 1 heterocycles. The SMILES string of the molecule is CCCN=C(N)NCCn1ccnc1. The van der Waals surface area contributed by atoms with Gasteiger partial charge in [-0.1, -0.05) is 6.92 Å². The van der Waals surface area contributed by atoms with Crippen LogP contribution in [-0.4, -0.2) is 28.6 Å². The number of aliphatic imine (C=N–C) groups is 1. The molecule has 0 amide bonds. The normalized spacial score (nSPS) is 11.6. The molecule has 0 saturated heterocycles. The van der Waals surface area contributed by atoms with E-state index in [9.17, 15) is 0 Å². The predicted octanol–water partition coefficient (Wildman–Crippen LogP) is 0.197. The van der Waals surface area contributed by atoms with Crippen molar-refractivity contribution < 1.29 is 0 Å². The Kier molecular flexibility index (Phi) is 4.54. The highest BCUT2D eigenvalue weighted by Crippen LogP contribution is 1.83. The minimum Gasteiger partial charge on any atom is -0.370 e. The zero-order chi connectivity index (χ0) is 10.2. The molecule has 0 aliphatic rings. The Bertz CT molecular complexity index is 265. The molecule has 5 heteroatoms. The van der Waals surface area contributed by atoms with Crippen molar-refractivity contribution in [3.05, 3.63) is 18.7 Å². The van der Waals surface area contributed by atoms with Gasteiger partial charge < -0.3 is 15.6 Å². The van der Waals surface area contributed by atoms with E-state index in [0.29, 0.717) is 5.96 Å². The maximum Gasteiger partial charge on any atom is 0.188 e. The molecule has 0 spiro atoms. The van der Waals surface area contributed by atoms with Crippen molar-refractivity contribution in [2.24, 2.45) is 10.7 Å². The zero-order valence-corrected chi connectivity index (χ0v) is 8.48. The molecule has 14 heavy (non-hydrogen) atoms. The first-order valence-electron chi connectivity index (χ1n) is 4.82. The monoisotopic (exact) mass is 195 g/mol. The summed E-state index contributed by atoms with van der Waals surface area (Å²) in [5.41, 5.74) is 5.61. The maximum atomic E-state index is 5.61. The second-order valence-electron chi connectivity index (χ2n) is 2.99. The first kappa shape index (κ1) is 10.6. The van der Waals surface area contributed by atoms with Crippen molar-refractivity contribution in [2.75, 3.05) is 13.1 Å². The van der Waals surface area contributed by atoms with E-state index in [2.05, 4.69) is 22.2 Å². The summed E-state index contributed by atoms with van der Waals surface area (Å²) in [5, 5.41) is 3.03. The van der Waals surface area contributed by atoms with Crippen LogP contribution in [0, 0.1) is 0 Å². The topological polar surface area (TPSA) is 68.2 Å². The highest BCUT2D eigenvalue weighted by molar-refractivity contribution is 5.77. The number of nitrogens with one attached hydrogen (secondary N) is 1. The van der Waals surface area contributed by atoms with Crippen molar-refractivity contribution in [3.63, 3.8) is 0 Å². The van der Waals surface area contributed by atoms with Crippen molar-refractivity contribution in [1.82, 2.24) is 14.9 Å². The molecule has 3 N–H and O–H groups in total. The molecule has 0 fully saturated rings. The van der Waals surface area contributed by atoms with Crippen LogP contribution in [0.2, 0.25) is 0 Å². The van der Waals surface area contributed by atoms with Crippen LogP contribution in [0.15, 0.2) is 23.7 Å². The second kappa shape index (κ2) is 6.01. The van der Waals surface area contributed by atoms with Crippen molar-refractivity contribution in [2.45, 2.75) is 19.9 Å². The van der Waals surface area contributed by atoms with Gasteiger partial charge >= 0.3 is 0 Å². The Morgan fingerprint density at radius 3 is 3.14 bits per heavy atom. The van der Waals surface area contributed by atoms with E-state index in [1.54, 1.807) is 12.5 Å². The maximum absolute atomic E-state index is 5.61. The Balaban J connectivity index is 2.15. The molecule has 78 valence electrons. The molecule has 0 radical (unpaired) electrons. The minimum atomic E-state index is 0.520. The van der Waals surface area contributed by atoms with Gasteiger partial charge in [0.15, 0.2) is 5.96 Å². The van der Waals surface area contributed by atoms with E-state index in [4.69, 9.17) is 5.73 Å². The van der Waals surface area contributed by atoms with Gasteiger partial charge in [-0.05, 0) is 6.42 Å². The first-order valence-corrected chi connectivity index (χ1v) is 4.82. The van der Waals surface area contributed by atoms with Gasteiger partial charge in [0.05, 0.1) is 6.33 Å². The fraction of sp³-hybridized carbons (Fsp3) is 0.556. The molecule has 0 unspecified atom stereocenters. The van der Waals surface area contributed by atoms with Crippen molar-refractivity contribution in [3.8, 4) is 0 Å². The molecule has 5 nitrogen and oxygen atoms in total. The van der Waals surface area contributed by atoms with Gasteiger partial charge in [-0.3, -0.25) is 4.99 Å². The van der Waals surface area contributed by atoms with Crippen LogP contribution in [-0.2, 0) is 6.54 Å². The number of rotatable bonds is 5. The number of hydrogen-bond acceptors (Lipinski definition) is 2. The van der Waals surface area contributed by atoms with Gasteiger partial charge in [-0.25, -0.2) is 4.98 Å². The number of imidazole rings is 1. The standard InChI is InChI=1S/C9H17N5/c1-2-3-12-9(10)13-5-7-14-6-4-11-8-14/h4,6,8H,2-3,5,7H2,1H3,(H3,10,12,13). The van der Waals surface area contributed by atoms with Crippen LogP contribution >= 0.6 is 0 Å². The van der Waals surface area contributed by atoms with Crippen molar-refractivity contribution in [1.29, 1.82) is 0 Å². The molecule has 0 aliphatic heterocycles. The molecule has 1 aromatic rings. The molecular weight excluding hydrogens is 178 g/mol. The summed E-state index contributed by atoms with van der Waals surface area (Å²) >= 11 is 0. The molecule has 0 atom stereocenters. The van der Waals surface area contributed by atoms with Crippen LogP contribution in [0.5, 0.6) is 0 Å². The second-order valence-corrected chi connectivity index (χ2v) is 2.99. The summed E-state index contributed by atoms with van der Waals surface area (Å²) in [4.78, 5) is 8.06. The number of aromatic nitrogens is 2. The van der Waals surface area contributed by atoms with Gasteiger partial charge in [0.1, 0.15) is 0 Å². The first-order chi connectivity index (χ1) is 6.83. The van der Waals surface area contributed by atoms with Gasteiger partial charge in [-0.2, -0.15) is 0 Å². The van der Waals surface area contributed by atoms with Crippen LogP contribution in [0.3, 0.4) is 0 Å². The molecular formula is C9H17N5. The fourth-order valence-corrected chi connectivity index (χ4v) is 1.02. The molecule has 1 aromatic heterocycles. The van der Waals surface area contributed by atoms with E-state index >= 15 is 0 Å². The van der Waals surface area contributed by atoms with Crippen molar-refractivity contribution >= 4 is 5.96 Å². The number of guanidine groups is 1. The highest BCUT2D eigenvalue weighted by atomic mass is 15.1. The van der Waals surface area contributed by atoms with Gasteiger partial charge in [0.25, 0.3) is 0 Å². The Morgan fingerprint density at radius 1 is 1.64 bits per heavy atom. The lowest BCUT2D eigenvalue weighted by Gasteiger charge is -2.05. The zero-order valence-electron chi connectivity index (χ0n) is 8.48. The third-order valence-corrected chi connectivity index (χ3v) is 1.74. The predicted molar refractivity (Wildman–Crippen MR) is 57.0 cm³/mol. The minimum absolute atomic E-state index is 0.520. The average molecular weight is 195 g/mol. The van der Waals surface area contributed by atoms with Crippen LogP contribution in [0.4, 0.5) is 0 Å². The highest BCUT2D eigenvalue weighted by Gasteiger charge is 1.91. The number of nitrogens with two attached hydrogens (primary N) is 1. The quantitative estimate of drug-likeness (QED) is 0.521. The lowest BCUT2D eigenvalue weighted by Crippen LogP contribution is -2.34. The van der Waals surface area contributed by atoms with E-state index < -0.39 is 0 Å². The Labute approximate surface area is 84.0 Å². The summed E-state index contributed by atoms with van der Waals surface area (Å²) in [5.74, 6) is 0.520. The summed E-state index contributed by atoms with van der Waals surface area (Å²) in [6.45, 7) is 4.48. The van der Waals surface area contributed by atoms with Crippen LogP contribution < -0.4 is 11.1 Å². The fourth-order valence-electron chi connectivity index (χ4n) is 1.02. The third-order valence-electron chi connectivity index (χ3n) is 1.74. The summed E-state index contributed by atoms with van der Waals surface area (Å²) < 4.78 is 1.99. The summed E-state index contributed by atoms with van der Waals surface area (Å²) in [6.07, 6.45) is 6.47. The van der Waals surface area contributed by atoms with Gasteiger partial charge in [0.2, 0.25) is 0 Å². The lowest BCUT2D eigenvalue weighted by atomic mass is 10.5. The van der Waals surface area contributed by atoms with Gasteiger partial charge in [-0.15, -0.1) is 0 Å². The number of nitrogens with zero attached hydrogens (tertiary/aromatic N) is 3. The van der Waals surface area contributed by atoms with Crippen LogP contribution in [0.25, 0.3) is 0 Å². The third kappa shape index (κ3) is 3.93. The van der Waals surface area contributed by atoms with E-state index in [-0.39, 0.29) is 0 Å². The van der Waals surface area contributed by atoms with E-state index in [1.165, 1.54) is 0 Å². The van der Waals surface area contributed by atoms with E-state index in [0.717, 1.165) is 26.1 Å². The molecule has 0 aromatic carbocycles. The van der Waals surface area contributed by atoms with Crippen LogP contribution in [0.1, 0.15) is 13.3 Å². The largest absolute Gasteiger partial charge is 0.370 e. The Hall–Kier alpha value is -1.52. The summed E-state index contributed by atoms with van der Waals surface area (Å²) in [7, 11) is 0. The van der Waals surface area contributed by atoms with E-state index in [1.807, 2.05) is 10.8 Å². The van der Waals surface area contributed by atoms with Gasteiger partial charge in [0, 0.05) is 32.0 Å². The molecule has 0 saturated carbocycles. The Morgan fingerprint density at radius 2 is 2.50 bits per heavy atom. The smallest absolute Gasteiger partial charge is 0.188 e. The molecule has 0 aliphatic carbocycles. The lowest BCUT2D eigenvalue weighted by molar-refractivity contribution is 0.670.